The Balaban J connectivity index is 1.22. The summed E-state index contributed by atoms with van der Waals surface area (Å²) in [7, 11) is 0. The van der Waals surface area contributed by atoms with E-state index in [9.17, 15) is 19.2 Å². The van der Waals surface area contributed by atoms with E-state index in [1.807, 2.05) is 6.07 Å². The van der Waals surface area contributed by atoms with Crippen LogP contribution in [-0.2, 0) is 16.0 Å². The van der Waals surface area contributed by atoms with Crippen molar-refractivity contribution in [2.45, 2.75) is 11.3 Å². The summed E-state index contributed by atoms with van der Waals surface area (Å²) < 4.78 is 0. The Morgan fingerprint density at radius 3 is 2.16 bits per heavy atom. The number of carbonyl (C=O) groups is 4. The van der Waals surface area contributed by atoms with Gasteiger partial charge in [0.05, 0.1) is 23.4 Å². The molecule has 0 aromatic heterocycles. The molecule has 188 valence electrons. The number of amides is 2. The molecule has 1 aliphatic rings. The minimum absolute atomic E-state index is 0.0740. The molecule has 8 heteroatoms. The van der Waals surface area contributed by atoms with E-state index in [2.05, 4.69) is 10.6 Å². The molecule has 2 amide bonds. The Morgan fingerprint density at radius 2 is 1.39 bits per heavy atom. The summed E-state index contributed by atoms with van der Waals surface area (Å²) in [5, 5.41) is 6.27. The number of carbonyl (C=O) groups excluding carboxylic acids is 4. The summed E-state index contributed by atoms with van der Waals surface area (Å²) in [6.45, 7) is 0. The van der Waals surface area contributed by atoms with Crippen molar-refractivity contribution in [1.29, 1.82) is 0 Å². The van der Waals surface area contributed by atoms with E-state index < -0.39 is 0 Å². The van der Waals surface area contributed by atoms with Crippen LogP contribution in [0.2, 0.25) is 5.02 Å². The van der Waals surface area contributed by atoms with Crippen LogP contribution in [0.5, 0.6) is 0 Å². The molecule has 0 saturated heterocycles. The standard InChI is InChI=1S/C30H21ClN2O4S/c31-19-13-11-18(12-14-19)15-26(34)32-20-5-3-6-21(16-20)38-17-27(35)33-25-10-4-9-24-28(25)30(37)23-8-2-1-7-22(23)29(24)36/h1-14,16H,15,17H2,(H,32,34)(H,33,35). The third-order valence-electron chi connectivity index (χ3n) is 5.99. The first-order chi connectivity index (χ1) is 18.4. The summed E-state index contributed by atoms with van der Waals surface area (Å²) in [5.41, 5.74) is 2.96. The van der Waals surface area contributed by atoms with Crippen molar-refractivity contribution in [3.63, 3.8) is 0 Å². The van der Waals surface area contributed by atoms with E-state index in [1.54, 1.807) is 84.9 Å². The van der Waals surface area contributed by atoms with Crippen LogP contribution in [0.15, 0.2) is 95.9 Å². The third kappa shape index (κ3) is 5.54. The summed E-state index contributed by atoms with van der Waals surface area (Å²) >= 11 is 7.19. The van der Waals surface area contributed by atoms with Crippen molar-refractivity contribution >= 4 is 58.1 Å². The Hall–Kier alpha value is -4.20. The number of ketones is 2. The minimum atomic E-state index is -0.320. The predicted molar refractivity (Wildman–Crippen MR) is 149 cm³/mol. The zero-order chi connectivity index (χ0) is 26.6. The molecule has 0 bridgehead atoms. The number of halogens is 1. The lowest BCUT2D eigenvalue weighted by molar-refractivity contribution is -0.115. The highest BCUT2D eigenvalue weighted by atomic mass is 35.5. The van der Waals surface area contributed by atoms with Gasteiger partial charge in [0.15, 0.2) is 11.6 Å². The van der Waals surface area contributed by atoms with Gasteiger partial charge < -0.3 is 10.6 Å². The molecule has 0 aliphatic heterocycles. The van der Waals surface area contributed by atoms with Crippen molar-refractivity contribution in [3.05, 3.63) is 124 Å². The molecule has 0 fully saturated rings. The van der Waals surface area contributed by atoms with Crippen LogP contribution in [0, 0.1) is 0 Å². The number of nitrogens with one attached hydrogen (secondary N) is 2. The maximum absolute atomic E-state index is 13.1. The van der Waals surface area contributed by atoms with Crippen molar-refractivity contribution in [1.82, 2.24) is 0 Å². The fourth-order valence-electron chi connectivity index (χ4n) is 4.24. The van der Waals surface area contributed by atoms with Crippen LogP contribution >= 0.6 is 23.4 Å². The summed E-state index contributed by atoms with van der Waals surface area (Å²) in [4.78, 5) is 52.1. The quantitative estimate of drug-likeness (QED) is 0.246. The van der Waals surface area contributed by atoms with Crippen LogP contribution < -0.4 is 10.6 Å². The minimum Gasteiger partial charge on any atom is -0.326 e. The molecule has 0 spiro atoms. The lowest BCUT2D eigenvalue weighted by Crippen LogP contribution is -2.24. The first-order valence-electron chi connectivity index (χ1n) is 11.8. The van der Waals surface area contributed by atoms with Crippen LogP contribution in [0.25, 0.3) is 0 Å². The molecule has 1 aliphatic carbocycles. The second-order valence-corrected chi connectivity index (χ2v) is 10.1. The van der Waals surface area contributed by atoms with Crippen molar-refractivity contribution in [3.8, 4) is 0 Å². The Bertz CT molecular complexity index is 1580. The van der Waals surface area contributed by atoms with Crippen LogP contribution in [0.4, 0.5) is 11.4 Å². The maximum atomic E-state index is 13.1. The average molecular weight is 541 g/mol. The number of hydrogen-bond acceptors (Lipinski definition) is 5. The molecule has 6 nitrogen and oxygen atoms in total. The highest BCUT2D eigenvalue weighted by Crippen LogP contribution is 2.32. The molecule has 4 aromatic rings. The van der Waals surface area contributed by atoms with Gasteiger partial charge in [0.2, 0.25) is 11.8 Å². The zero-order valence-corrected chi connectivity index (χ0v) is 21.6. The molecule has 0 unspecified atom stereocenters. The Kier molecular flexibility index (Phi) is 7.40. The van der Waals surface area contributed by atoms with E-state index in [4.69, 9.17) is 11.6 Å². The molecule has 5 rings (SSSR count). The van der Waals surface area contributed by atoms with Crippen LogP contribution in [0.3, 0.4) is 0 Å². The van der Waals surface area contributed by atoms with Crippen molar-refractivity contribution in [2.75, 3.05) is 16.4 Å². The third-order valence-corrected chi connectivity index (χ3v) is 7.24. The second-order valence-electron chi connectivity index (χ2n) is 8.65. The van der Waals surface area contributed by atoms with E-state index in [1.165, 1.54) is 11.8 Å². The molecular formula is C30H21ClN2O4S. The Labute approximate surface area is 228 Å². The van der Waals surface area contributed by atoms with Gasteiger partial charge in [0, 0.05) is 32.3 Å². The molecular weight excluding hydrogens is 520 g/mol. The van der Waals surface area contributed by atoms with Crippen molar-refractivity contribution in [2.24, 2.45) is 0 Å². The molecule has 2 N–H and O–H groups in total. The Morgan fingerprint density at radius 1 is 0.711 bits per heavy atom. The smallest absolute Gasteiger partial charge is 0.234 e. The van der Waals surface area contributed by atoms with Gasteiger partial charge in [-0.1, -0.05) is 66.2 Å². The summed E-state index contributed by atoms with van der Waals surface area (Å²) in [6, 6.07) is 25.9. The second kappa shape index (κ2) is 11.0. The fourth-order valence-corrected chi connectivity index (χ4v) is 5.12. The molecule has 4 aromatic carbocycles. The number of anilines is 2. The van der Waals surface area contributed by atoms with Gasteiger partial charge in [-0.25, -0.2) is 0 Å². The van der Waals surface area contributed by atoms with Gasteiger partial charge >= 0.3 is 0 Å². The van der Waals surface area contributed by atoms with E-state index in [-0.39, 0.29) is 46.7 Å². The number of fused-ring (bicyclic) bond motifs is 2. The fraction of sp³-hybridized carbons (Fsp3) is 0.0667. The van der Waals surface area contributed by atoms with E-state index >= 15 is 0 Å². The monoisotopic (exact) mass is 540 g/mol. The van der Waals surface area contributed by atoms with Gasteiger partial charge in [-0.05, 0) is 42.0 Å². The van der Waals surface area contributed by atoms with E-state index in [0.717, 1.165) is 10.5 Å². The van der Waals surface area contributed by atoms with E-state index in [0.29, 0.717) is 27.5 Å². The zero-order valence-electron chi connectivity index (χ0n) is 20.0. The highest BCUT2D eigenvalue weighted by molar-refractivity contribution is 8.00. The number of rotatable bonds is 7. The predicted octanol–water partition coefficient (Wildman–Crippen LogP) is 6.03. The first kappa shape index (κ1) is 25.4. The number of thioether (sulfide) groups is 1. The molecule has 0 atom stereocenters. The van der Waals surface area contributed by atoms with Gasteiger partial charge in [0.1, 0.15) is 0 Å². The van der Waals surface area contributed by atoms with Gasteiger partial charge in [0.25, 0.3) is 0 Å². The topological polar surface area (TPSA) is 92.3 Å². The largest absolute Gasteiger partial charge is 0.326 e. The average Bonchev–Trinajstić information content (AvgIpc) is 2.92. The molecule has 0 radical (unpaired) electrons. The SMILES string of the molecule is O=C(Cc1ccc(Cl)cc1)Nc1cccc(SCC(=O)Nc2cccc3c2C(=O)c2ccccc2C3=O)c1. The molecule has 0 heterocycles. The van der Waals surface area contributed by atoms with Gasteiger partial charge in [-0.3, -0.25) is 19.2 Å². The number of benzene rings is 4. The highest BCUT2D eigenvalue weighted by Gasteiger charge is 2.31. The van der Waals surface area contributed by atoms with Crippen LogP contribution in [-0.4, -0.2) is 29.1 Å². The van der Waals surface area contributed by atoms with Crippen molar-refractivity contribution < 1.29 is 19.2 Å². The van der Waals surface area contributed by atoms with Crippen LogP contribution in [0.1, 0.15) is 37.4 Å². The lowest BCUT2D eigenvalue weighted by Gasteiger charge is -2.20. The molecule has 0 saturated carbocycles. The van der Waals surface area contributed by atoms with Gasteiger partial charge in [-0.2, -0.15) is 0 Å². The maximum Gasteiger partial charge on any atom is 0.234 e. The summed E-state index contributed by atoms with van der Waals surface area (Å²) in [5.74, 6) is -0.942. The molecule has 38 heavy (non-hydrogen) atoms. The summed E-state index contributed by atoms with van der Waals surface area (Å²) in [6.07, 6.45) is 0.212. The lowest BCUT2D eigenvalue weighted by atomic mass is 9.83. The first-order valence-corrected chi connectivity index (χ1v) is 13.1. The normalized spacial score (nSPS) is 11.9. The van der Waals surface area contributed by atoms with Gasteiger partial charge in [-0.15, -0.1) is 11.8 Å². The number of hydrogen-bond donors (Lipinski definition) is 2.